The maximum Gasteiger partial charge on any atom is 0.164 e. The fourth-order valence-electron chi connectivity index (χ4n) is 1.49. The van der Waals surface area contributed by atoms with Crippen LogP contribution in [-0.2, 0) is 0 Å². The summed E-state index contributed by atoms with van der Waals surface area (Å²) in [4.78, 5) is 11.8. The molecule has 0 aliphatic rings. The number of benzene rings is 1. The van der Waals surface area contributed by atoms with Gasteiger partial charge in [-0.1, -0.05) is 20.8 Å². The Morgan fingerprint density at radius 1 is 1.28 bits per heavy atom. The van der Waals surface area contributed by atoms with Crippen molar-refractivity contribution in [1.82, 2.24) is 5.32 Å². The van der Waals surface area contributed by atoms with Crippen molar-refractivity contribution in [3.63, 3.8) is 0 Å². The molecule has 3 heteroatoms. The predicted octanol–water partition coefficient (Wildman–Crippen LogP) is 3.42. The molecule has 0 fully saturated rings. The van der Waals surface area contributed by atoms with E-state index in [-0.39, 0.29) is 17.0 Å². The van der Waals surface area contributed by atoms with Gasteiger partial charge in [-0.15, -0.1) is 0 Å². The van der Waals surface area contributed by atoms with E-state index >= 15 is 0 Å². The van der Waals surface area contributed by atoms with Gasteiger partial charge in [-0.3, -0.25) is 4.79 Å². The van der Waals surface area contributed by atoms with Crippen molar-refractivity contribution < 1.29 is 9.18 Å². The highest BCUT2D eigenvalue weighted by atomic mass is 19.1. The highest BCUT2D eigenvalue weighted by molar-refractivity contribution is 5.96. The molecule has 1 atom stereocenters. The lowest BCUT2D eigenvalue weighted by molar-refractivity contribution is 0.0979. The second-order valence-electron chi connectivity index (χ2n) is 5.72. The van der Waals surface area contributed by atoms with Gasteiger partial charge in [-0.05, 0) is 36.6 Å². The normalized spacial score (nSPS) is 13.4. The topological polar surface area (TPSA) is 29.1 Å². The van der Waals surface area contributed by atoms with Gasteiger partial charge in [0.05, 0.1) is 0 Å². The Morgan fingerprint density at radius 3 is 2.33 bits per heavy atom. The third-order valence-corrected chi connectivity index (χ3v) is 3.27. The smallest absolute Gasteiger partial charge is 0.164 e. The number of hydrogen-bond acceptors (Lipinski definition) is 2. The third-order valence-electron chi connectivity index (χ3n) is 3.27. The van der Waals surface area contributed by atoms with Crippen molar-refractivity contribution in [1.29, 1.82) is 0 Å². The second kappa shape index (κ2) is 6.10. The summed E-state index contributed by atoms with van der Waals surface area (Å²) in [7, 11) is 0. The number of ketones is 1. The first kappa shape index (κ1) is 14.8. The molecule has 0 unspecified atom stereocenters. The van der Waals surface area contributed by atoms with Gasteiger partial charge in [0.1, 0.15) is 5.82 Å². The van der Waals surface area contributed by atoms with Gasteiger partial charge in [-0.25, -0.2) is 4.39 Å². The quantitative estimate of drug-likeness (QED) is 0.812. The molecular weight excluding hydrogens is 229 g/mol. The Kier molecular flexibility index (Phi) is 5.03. The molecule has 0 aliphatic carbocycles. The largest absolute Gasteiger partial charge is 0.313 e. The molecule has 1 rings (SSSR count). The van der Waals surface area contributed by atoms with E-state index in [1.807, 2.05) is 0 Å². The summed E-state index contributed by atoms with van der Waals surface area (Å²) < 4.78 is 12.7. The SMILES string of the molecule is C[C@H](NCCC(=O)c1ccc(F)cc1)C(C)(C)C. The molecule has 1 aromatic rings. The van der Waals surface area contributed by atoms with Crippen LogP contribution >= 0.6 is 0 Å². The first-order valence-electron chi connectivity index (χ1n) is 6.33. The molecule has 0 bridgehead atoms. The van der Waals surface area contributed by atoms with Crippen LogP contribution in [0.2, 0.25) is 0 Å². The average molecular weight is 251 g/mol. The van der Waals surface area contributed by atoms with Crippen LogP contribution in [-0.4, -0.2) is 18.4 Å². The summed E-state index contributed by atoms with van der Waals surface area (Å²) in [6.45, 7) is 9.24. The fraction of sp³-hybridized carbons (Fsp3) is 0.533. The summed E-state index contributed by atoms with van der Waals surface area (Å²) in [5, 5.41) is 3.34. The van der Waals surface area contributed by atoms with Crippen LogP contribution in [0.1, 0.15) is 44.5 Å². The third kappa shape index (κ3) is 4.57. The number of rotatable bonds is 5. The summed E-state index contributed by atoms with van der Waals surface area (Å²) in [5.74, 6) is -0.269. The number of carbonyl (C=O) groups excluding carboxylic acids is 1. The van der Waals surface area contributed by atoms with E-state index in [2.05, 4.69) is 33.0 Å². The number of Topliss-reactive ketones (excluding diaryl/α,β-unsaturated/α-hetero) is 1. The monoisotopic (exact) mass is 251 g/mol. The lowest BCUT2D eigenvalue weighted by atomic mass is 9.88. The molecule has 0 saturated carbocycles. The van der Waals surface area contributed by atoms with E-state index in [1.165, 1.54) is 24.3 Å². The van der Waals surface area contributed by atoms with Gasteiger partial charge in [-0.2, -0.15) is 0 Å². The van der Waals surface area contributed by atoms with Gasteiger partial charge < -0.3 is 5.32 Å². The van der Waals surface area contributed by atoms with Crippen molar-refractivity contribution in [2.45, 2.75) is 40.2 Å². The first-order chi connectivity index (χ1) is 8.30. The maximum atomic E-state index is 12.7. The highest BCUT2D eigenvalue weighted by Crippen LogP contribution is 2.18. The summed E-state index contributed by atoms with van der Waals surface area (Å²) in [5.41, 5.74) is 0.750. The molecule has 1 N–H and O–H groups in total. The van der Waals surface area contributed by atoms with Crippen molar-refractivity contribution in [3.05, 3.63) is 35.6 Å². The zero-order chi connectivity index (χ0) is 13.8. The Bertz CT molecular complexity index is 392. The van der Waals surface area contributed by atoms with Gasteiger partial charge in [0.15, 0.2) is 5.78 Å². The van der Waals surface area contributed by atoms with Crippen LogP contribution < -0.4 is 5.32 Å². The Labute approximate surface area is 109 Å². The van der Waals surface area contributed by atoms with Crippen LogP contribution in [0.25, 0.3) is 0 Å². The molecule has 18 heavy (non-hydrogen) atoms. The fourth-order valence-corrected chi connectivity index (χ4v) is 1.49. The lowest BCUT2D eigenvalue weighted by Crippen LogP contribution is -2.38. The molecule has 100 valence electrons. The molecule has 0 spiro atoms. The first-order valence-corrected chi connectivity index (χ1v) is 6.33. The van der Waals surface area contributed by atoms with E-state index in [9.17, 15) is 9.18 Å². The minimum Gasteiger partial charge on any atom is -0.313 e. The zero-order valence-electron chi connectivity index (χ0n) is 11.6. The Morgan fingerprint density at radius 2 is 1.83 bits per heavy atom. The Balaban J connectivity index is 2.40. The summed E-state index contributed by atoms with van der Waals surface area (Å²) in [6.07, 6.45) is 0.437. The molecule has 1 aromatic carbocycles. The molecule has 0 aromatic heterocycles. The van der Waals surface area contributed by atoms with Gasteiger partial charge >= 0.3 is 0 Å². The summed E-state index contributed by atoms with van der Waals surface area (Å²) in [6, 6.07) is 6.05. The predicted molar refractivity (Wildman–Crippen MR) is 72.3 cm³/mol. The van der Waals surface area contributed by atoms with Crippen LogP contribution in [0.4, 0.5) is 4.39 Å². The Hall–Kier alpha value is -1.22. The van der Waals surface area contributed by atoms with E-state index in [0.717, 1.165) is 0 Å². The molecule has 0 saturated heterocycles. The molecule has 0 heterocycles. The van der Waals surface area contributed by atoms with Gasteiger partial charge in [0.2, 0.25) is 0 Å². The average Bonchev–Trinajstić information content (AvgIpc) is 2.28. The molecule has 2 nitrogen and oxygen atoms in total. The van der Waals surface area contributed by atoms with Crippen molar-refractivity contribution >= 4 is 5.78 Å². The van der Waals surface area contributed by atoms with E-state index in [0.29, 0.717) is 24.6 Å². The molecular formula is C15H22FNO. The molecule has 0 aliphatic heterocycles. The van der Waals surface area contributed by atoms with Crippen LogP contribution in [0.5, 0.6) is 0 Å². The van der Waals surface area contributed by atoms with Crippen molar-refractivity contribution in [3.8, 4) is 0 Å². The van der Waals surface area contributed by atoms with E-state index < -0.39 is 0 Å². The van der Waals surface area contributed by atoms with E-state index in [4.69, 9.17) is 0 Å². The zero-order valence-corrected chi connectivity index (χ0v) is 11.6. The molecule has 0 radical (unpaired) electrons. The number of nitrogens with one attached hydrogen (secondary N) is 1. The lowest BCUT2D eigenvalue weighted by Gasteiger charge is -2.28. The maximum absolute atomic E-state index is 12.7. The van der Waals surface area contributed by atoms with E-state index in [1.54, 1.807) is 0 Å². The highest BCUT2D eigenvalue weighted by Gasteiger charge is 2.19. The van der Waals surface area contributed by atoms with Crippen LogP contribution in [0.3, 0.4) is 0 Å². The summed E-state index contributed by atoms with van der Waals surface area (Å²) >= 11 is 0. The van der Waals surface area contributed by atoms with Crippen LogP contribution in [0, 0.1) is 11.2 Å². The standard InChI is InChI=1S/C15H22FNO/c1-11(15(2,3)4)17-10-9-14(18)12-5-7-13(16)8-6-12/h5-8,11,17H,9-10H2,1-4H3/t11-/m0/s1. The molecule has 0 amide bonds. The minimum absolute atomic E-state index is 0.0450. The number of halogens is 1. The number of hydrogen-bond donors (Lipinski definition) is 1. The van der Waals surface area contributed by atoms with Crippen molar-refractivity contribution in [2.24, 2.45) is 5.41 Å². The number of carbonyl (C=O) groups is 1. The minimum atomic E-state index is -0.314. The second-order valence-corrected chi connectivity index (χ2v) is 5.72. The van der Waals surface area contributed by atoms with Gasteiger partial charge in [0.25, 0.3) is 0 Å². The van der Waals surface area contributed by atoms with Crippen molar-refractivity contribution in [2.75, 3.05) is 6.54 Å². The van der Waals surface area contributed by atoms with Crippen LogP contribution in [0.15, 0.2) is 24.3 Å². The van der Waals surface area contributed by atoms with Gasteiger partial charge in [0, 0.05) is 24.6 Å².